The third-order valence-electron chi connectivity index (χ3n) is 6.48. The maximum Gasteiger partial charge on any atom is 0.223 e. The number of hydrogen-bond acceptors (Lipinski definition) is 7. The number of methoxy groups -OCH3 is 1. The quantitative estimate of drug-likeness (QED) is 0.592. The highest BCUT2D eigenvalue weighted by Crippen LogP contribution is 2.30. The molecule has 2 saturated heterocycles. The number of aromatic nitrogens is 3. The fourth-order valence-corrected chi connectivity index (χ4v) is 5.47. The van der Waals surface area contributed by atoms with Gasteiger partial charge in [0.05, 0.1) is 19.0 Å². The van der Waals surface area contributed by atoms with Crippen LogP contribution in [0.2, 0.25) is 0 Å². The summed E-state index contributed by atoms with van der Waals surface area (Å²) in [5.74, 6) is 1.15. The predicted octanol–water partition coefficient (Wildman–Crippen LogP) is 2.89. The standard InChI is InChI=1S/C23H30N6O2S/c1-31-19-6-4-17(5-7-19)20-16-29-22(25-20)32-23(26-29)28-13-8-18(9-14-28)21(30)24-10-15-27-11-2-3-12-27/h4-7,16,18H,2-3,8-15H2,1H3,(H,24,30). The Kier molecular flexibility index (Phi) is 6.27. The molecule has 2 aliphatic rings. The maximum absolute atomic E-state index is 12.5. The Morgan fingerprint density at radius 2 is 1.91 bits per heavy atom. The molecule has 0 spiro atoms. The van der Waals surface area contributed by atoms with Gasteiger partial charge < -0.3 is 19.9 Å². The van der Waals surface area contributed by atoms with Gasteiger partial charge in [-0.25, -0.2) is 9.50 Å². The largest absolute Gasteiger partial charge is 0.497 e. The molecule has 0 radical (unpaired) electrons. The van der Waals surface area contributed by atoms with Crippen LogP contribution in [0.4, 0.5) is 5.13 Å². The molecule has 32 heavy (non-hydrogen) atoms. The smallest absolute Gasteiger partial charge is 0.223 e. The van der Waals surface area contributed by atoms with Crippen LogP contribution in [0.25, 0.3) is 16.2 Å². The van der Waals surface area contributed by atoms with E-state index in [9.17, 15) is 4.79 Å². The van der Waals surface area contributed by atoms with E-state index in [0.717, 1.165) is 66.1 Å². The maximum atomic E-state index is 12.5. The van der Waals surface area contributed by atoms with Crippen molar-refractivity contribution in [3.05, 3.63) is 30.5 Å². The van der Waals surface area contributed by atoms with Gasteiger partial charge in [0, 0.05) is 37.7 Å². The Balaban J connectivity index is 1.14. The number of likely N-dealkylation sites (tertiary alicyclic amines) is 1. The van der Waals surface area contributed by atoms with Gasteiger partial charge in [0.15, 0.2) is 0 Å². The van der Waals surface area contributed by atoms with Crippen LogP contribution < -0.4 is 15.0 Å². The van der Waals surface area contributed by atoms with E-state index in [1.165, 1.54) is 25.9 Å². The number of nitrogens with one attached hydrogen (secondary N) is 1. The fourth-order valence-electron chi connectivity index (χ4n) is 4.54. The number of anilines is 1. The third kappa shape index (κ3) is 4.59. The summed E-state index contributed by atoms with van der Waals surface area (Å²) in [4.78, 5) is 22.9. The first-order valence-corrected chi connectivity index (χ1v) is 12.3. The minimum absolute atomic E-state index is 0.107. The summed E-state index contributed by atoms with van der Waals surface area (Å²) in [6.07, 6.45) is 6.29. The highest BCUT2D eigenvalue weighted by molar-refractivity contribution is 7.20. The number of rotatable bonds is 7. The van der Waals surface area contributed by atoms with Gasteiger partial charge in [-0.05, 0) is 63.0 Å². The number of imidazole rings is 1. The summed E-state index contributed by atoms with van der Waals surface area (Å²) in [7, 11) is 1.66. The number of carbonyl (C=O) groups excluding carboxylic acids is 1. The average Bonchev–Trinajstić information content (AvgIpc) is 3.56. The summed E-state index contributed by atoms with van der Waals surface area (Å²) in [6.45, 7) is 5.79. The zero-order chi connectivity index (χ0) is 21.9. The van der Waals surface area contributed by atoms with Gasteiger partial charge in [-0.15, -0.1) is 5.10 Å². The minimum atomic E-state index is 0.107. The number of amides is 1. The lowest BCUT2D eigenvalue weighted by atomic mass is 9.96. The van der Waals surface area contributed by atoms with Gasteiger partial charge in [-0.1, -0.05) is 11.3 Å². The molecular formula is C23H30N6O2S. The molecule has 8 nitrogen and oxygen atoms in total. The summed E-state index contributed by atoms with van der Waals surface area (Å²) in [5, 5.41) is 8.87. The number of ether oxygens (including phenoxy) is 1. The van der Waals surface area contributed by atoms with Gasteiger partial charge in [-0.2, -0.15) is 0 Å². The van der Waals surface area contributed by atoms with E-state index in [0.29, 0.717) is 0 Å². The monoisotopic (exact) mass is 454 g/mol. The second-order valence-corrected chi connectivity index (χ2v) is 9.50. The molecule has 5 rings (SSSR count). The normalized spacial score (nSPS) is 17.8. The van der Waals surface area contributed by atoms with Crippen molar-refractivity contribution in [1.29, 1.82) is 0 Å². The molecule has 1 N–H and O–H groups in total. The summed E-state index contributed by atoms with van der Waals surface area (Å²) < 4.78 is 7.08. The van der Waals surface area contributed by atoms with Crippen LogP contribution in [-0.4, -0.2) is 71.8 Å². The van der Waals surface area contributed by atoms with E-state index in [1.807, 2.05) is 35.0 Å². The molecule has 1 aromatic carbocycles. The van der Waals surface area contributed by atoms with Crippen molar-refractivity contribution in [2.45, 2.75) is 25.7 Å². The second-order valence-electron chi connectivity index (χ2n) is 8.57. The lowest BCUT2D eigenvalue weighted by molar-refractivity contribution is -0.125. The lowest BCUT2D eigenvalue weighted by Gasteiger charge is -2.30. The zero-order valence-corrected chi connectivity index (χ0v) is 19.3. The summed E-state index contributed by atoms with van der Waals surface area (Å²) >= 11 is 1.60. The van der Waals surface area contributed by atoms with Crippen LogP contribution in [0, 0.1) is 5.92 Å². The van der Waals surface area contributed by atoms with Gasteiger partial charge >= 0.3 is 0 Å². The van der Waals surface area contributed by atoms with Crippen LogP contribution >= 0.6 is 11.3 Å². The Morgan fingerprint density at radius 3 is 2.59 bits per heavy atom. The molecule has 9 heteroatoms. The number of piperidine rings is 1. The van der Waals surface area contributed by atoms with E-state index in [-0.39, 0.29) is 11.8 Å². The zero-order valence-electron chi connectivity index (χ0n) is 18.5. The summed E-state index contributed by atoms with van der Waals surface area (Å²) in [6, 6.07) is 7.89. The predicted molar refractivity (Wildman–Crippen MR) is 126 cm³/mol. The first-order valence-electron chi connectivity index (χ1n) is 11.5. The lowest BCUT2D eigenvalue weighted by Crippen LogP contribution is -2.42. The number of benzene rings is 1. The average molecular weight is 455 g/mol. The molecule has 0 bridgehead atoms. The van der Waals surface area contributed by atoms with E-state index < -0.39 is 0 Å². The molecule has 1 amide bonds. The minimum Gasteiger partial charge on any atom is -0.497 e. The number of carbonyl (C=O) groups is 1. The molecule has 0 unspecified atom stereocenters. The number of fused-ring (bicyclic) bond motifs is 1. The second kappa shape index (κ2) is 9.46. The first-order chi connectivity index (χ1) is 15.7. The molecule has 3 aromatic rings. The highest BCUT2D eigenvalue weighted by atomic mass is 32.1. The van der Waals surface area contributed by atoms with Gasteiger partial charge in [0.2, 0.25) is 16.0 Å². The molecule has 2 aliphatic heterocycles. The van der Waals surface area contributed by atoms with Crippen molar-refractivity contribution in [2.75, 3.05) is 51.3 Å². The van der Waals surface area contributed by atoms with Gasteiger partial charge in [-0.3, -0.25) is 4.79 Å². The Labute approximate surface area is 192 Å². The molecule has 170 valence electrons. The van der Waals surface area contributed by atoms with Crippen LogP contribution in [0.1, 0.15) is 25.7 Å². The number of nitrogens with zero attached hydrogens (tertiary/aromatic N) is 5. The van der Waals surface area contributed by atoms with Crippen molar-refractivity contribution in [2.24, 2.45) is 5.92 Å². The number of hydrogen-bond donors (Lipinski definition) is 1. The molecule has 0 atom stereocenters. The molecule has 4 heterocycles. The van der Waals surface area contributed by atoms with E-state index in [1.54, 1.807) is 18.4 Å². The van der Waals surface area contributed by atoms with E-state index >= 15 is 0 Å². The molecule has 0 saturated carbocycles. The van der Waals surface area contributed by atoms with Crippen LogP contribution in [-0.2, 0) is 4.79 Å². The van der Waals surface area contributed by atoms with Crippen LogP contribution in [0.15, 0.2) is 30.5 Å². The topological polar surface area (TPSA) is 75.0 Å². The molecule has 0 aliphatic carbocycles. The third-order valence-corrected chi connectivity index (χ3v) is 7.46. The van der Waals surface area contributed by atoms with Crippen molar-refractivity contribution in [3.8, 4) is 17.0 Å². The van der Waals surface area contributed by atoms with E-state index in [2.05, 4.69) is 15.1 Å². The molecule has 2 aromatic heterocycles. The van der Waals surface area contributed by atoms with Gasteiger partial charge in [0.1, 0.15) is 5.75 Å². The van der Waals surface area contributed by atoms with Crippen LogP contribution in [0.3, 0.4) is 0 Å². The van der Waals surface area contributed by atoms with Crippen molar-refractivity contribution in [3.63, 3.8) is 0 Å². The van der Waals surface area contributed by atoms with Crippen LogP contribution in [0.5, 0.6) is 5.75 Å². The SMILES string of the molecule is COc1ccc(-c2cn3nc(N4CCC(C(=O)NCCN5CCCC5)CC4)sc3n2)cc1. The Bertz CT molecular complexity index is 1020. The highest BCUT2D eigenvalue weighted by Gasteiger charge is 2.27. The summed E-state index contributed by atoms with van der Waals surface area (Å²) in [5.41, 5.74) is 1.95. The van der Waals surface area contributed by atoms with Gasteiger partial charge in [0.25, 0.3) is 0 Å². The van der Waals surface area contributed by atoms with E-state index in [4.69, 9.17) is 14.8 Å². The van der Waals surface area contributed by atoms with Crippen molar-refractivity contribution < 1.29 is 9.53 Å². The Hall–Kier alpha value is -2.65. The Morgan fingerprint density at radius 1 is 1.16 bits per heavy atom. The van der Waals surface area contributed by atoms with Crippen molar-refractivity contribution >= 4 is 27.3 Å². The fraction of sp³-hybridized carbons (Fsp3) is 0.522. The van der Waals surface area contributed by atoms with Crippen molar-refractivity contribution in [1.82, 2.24) is 24.8 Å². The molecule has 2 fully saturated rings. The first kappa shape index (κ1) is 21.2. The molecular weight excluding hydrogens is 424 g/mol.